The molecule has 0 fully saturated rings. The second-order valence-corrected chi connectivity index (χ2v) is 6.11. The van der Waals surface area contributed by atoms with Crippen LogP contribution in [0.1, 0.15) is 18.5 Å². The topological polar surface area (TPSA) is 73.2 Å². The summed E-state index contributed by atoms with van der Waals surface area (Å²) in [5.74, 6) is -0.0407. The van der Waals surface area contributed by atoms with Gasteiger partial charge in [0.15, 0.2) is 0 Å². The quantitative estimate of drug-likeness (QED) is 0.871. The van der Waals surface area contributed by atoms with Gasteiger partial charge in [0.05, 0.1) is 11.8 Å². The monoisotopic (exact) mass is 267 g/mol. The van der Waals surface area contributed by atoms with Crippen LogP contribution in [0.15, 0.2) is 24.3 Å². The number of hydrogen-bond donors (Lipinski definition) is 1. The van der Waals surface area contributed by atoms with Crippen LogP contribution < -0.4 is 9.62 Å². The molecule has 0 radical (unpaired) electrons. The summed E-state index contributed by atoms with van der Waals surface area (Å²) >= 11 is 0. The summed E-state index contributed by atoms with van der Waals surface area (Å²) < 4.78 is 25.2. The van der Waals surface area contributed by atoms with Crippen LogP contribution in [0.25, 0.3) is 0 Å². The van der Waals surface area contributed by atoms with Gasteiger partial charge in [0.25, 0.3) is 0 Å². The molecule has 1 aromatic rings. The molecule has 6 heteroatoms. The van der Waals surface area contributed by atoms with Gasteiger partial charge in [-0.05, 0) is 24.6 Å². The Labute approximate surface area is 108 Å². The van der Waals surface area contributed by atoms with E-state index in [0.29, 0.717) is 5.56 Å². The first kappa shape index (κ1) is 14.5. The molecule has 1 aromatic carbocycles. The summed E-state index contributed by atoms with van der Waals surface area (Å²) in [6.07, 6.45) is 0. The second-order valence-electron chi connectivity index (χ2n) is 4.07. The van der Waals surface area contributed by atoms with Crippen LogP contribution in [-0.4, -0.2) is 28.3 Å². The van der Waals surface area contributed by atoms with E-state index in [4.69, 9.17) is 5.26 Å². The van der Waals surface area contributed by atoms with Crippen LogP contribution in [0, 0.1) is 11.3 Å². The van der Waals surface area contributed by atoms with Gasteiger partial charge in [0.1, 0.15) is 6.04 Å². The molecule has 1 atom stereocenters. The highest BCUT2D eigenvalue weighted by atomic mass is 32.2. The Morgan fingerprint density at radius 1 is 1.33 bits per heavy atom. The van der Waals surface area contributed by atoms with Crippen LogP contribution >= 0.6 is 0 Å². The molecule has 0 saturated heterocycles. The minimum atomic E-state index is -3.39. The van der Waals surface area contributed by atoms with Crippen LogP contribution in [-0.2, 0) is 10.0 Å². The maximum absolute atomic E-state index is 11.4. The maximum Gasteiger partial charge on any atom is 0.212 e. The molecule has 0 aliphatic rings. The van der Waals surface area contributed by atoms with Crippen molar-refractivity contribution in [3.63, 3.8) is 0 Å². The molecule has 5 nitrogen and oxygen atoms in total. The van der Waals surface area contributed by atoms with Gasteiger partial charge in [-0.2, -0.15) is 9.98 Å². The van der Waals surface area contributed by atoms with Crippen LogP contribution in [0.5, 0.6) is 0 Å². The van der Waals surface area contributed by atoms with Crippen molar-refractivity contribution in [1.82, 2.24) is 4.72 Å². The first-order valence-corrected chi connectivity index (χ1v) is 7.21. The highest BCUT2D eigenvalue weighted by molar-refractivity contribution is 7.89. The molecule has 0 aliphatic heterocycles. The molecule has 0 amide bonds. The average Bonchev–Trinajstić information content (AvgIpc) is 2.36. The van der Waals surface area contributed by atoms with Gasteiger partial charge in [-0.15, -0.1) is 0 Å². The summed E-state index contributed by atoms with van der Waals surface area (Å²) in [4.78, 5) is 1.93. The third-order valence-corrected chi connectivity index (χ3v) is 3.90. The molecular weight excluding hydrogens is 250 g/mol. The van der Waals surface area contributed by atoms with Crippen LogP contribution in [0.4, 0.5) is 5.69 Å². The Bertz CT molecular complexity index is 529. The van der Waals surface area contributed by atoms with E-state index in [0.717, 1.165) is 5.69 Å². The zero-order valence-corrected chi connectivity index (χ0v) is 11.5. The lowest BCUT2D eigenvalue weighted by Gasteiger charge is -2.15. The van der Waals surface area contributed by atoms with Crippen molar-refractivity contribution in [3.05, 3.63) is 29.8 Å². The first-order chi connectivity index (χ1) is 8.39. The minimum Gasteiger partial charge on any atom is -0.378 e. The predicted octanol–water partition coefficient (Wildman–Crippen LogP) is 1.26. The Hall–Kier alpha value is -1.58. The highest BCUT2D eigenvalue weighted by Crippen LogP contribution is 2.18. The number of anilines is 1. The number of rotatable bonds is 5. The van der Waals surface area contributed by atoms with Crippen molar-refractivity contribution in [1.29, 1.82) is 5.26 Å². The van der Waals surface area contributed by atoms with Gasteiger partial charge in [0, 0.05) is 19.8 Å². The smallest absolute Gasteiger partial charge is 0.212 e. The summed E-state index contributed by atoms with van der Waals surface area (Å²) in [5.41, 5.74) is 1.63. The number of hydrogen-bond acceptors (Lipinski definition) is 4. The van der Waals surface area contributed by atoms with Crippen molar-refractivity contribution in [2.24, 2.45) is 0 Å². The van der Waals surface area contributed by atoms with E-state index in [1.54, 1.807) is 12.1 Å². The lowest BCUT2D eigenvalue weighted by atomic mass is 10.1. The van der Waals surface area contributed by atoms with Gasteiger partial charge in [-0.3, -0.25) is 0 Å². The zero-order chi connectivity index (χ0) is 13.8. The third-order valence-electron chi connectivity index (χ3n) is 2.55. The highest BCUT2D eigenvalue weighted by Gasteiger charge is 2.17. The molecule has 0 bridgehead atoms. The maximum atomic E-state index is 11.4. The Morgan fingerprint density at radius 3 is 2.28 bits per heavy atom. The van der Waals surface area contributed by atoms with E-state index in [9.17, 15) is 8.42 Å². The number of nitrogens with zero attached hydrogens (tertiary/aromatic N) is 2. The fourth-order valence-electron chi connectivity index (χ4n) is 1.40. The molecule has 0 spiro atoms. The third kappa shape index (κ3) is 3.72. The summed E-state index contributed by atoms with van der Waals surface area (Å²) in [5, 5.41) is 9.03. The van der Waals surface area contributed by atoms with E-state index in [2.05, 4.69) is 4.72 Å². The lowest BCUT2D eigenvalue weighted by Crippen LogP contribution is -2.29. The number of nitriles is 1. The van der Waals surface area contributed by atoms with Crippen LogP contribution in [0.3, 0.4) is 0 Å². The molecule has 0 heterocycles. The van der Waals surface area contributed by atoms with E-state index in [1.807, 2.05) is 37.2 Å². The fraction of sp³-hybridized carbons (Fsp3) is 0.417. The van der Waals surface area contributed by atoms with E-state index >= 15 is 0 Å². The largest absolute Gasteiger partial charge is 0.378 e. The minimum absolute atomic E-state index is 0.0407. The molecular formula is C12H17N3O2S. The van der Waals surface area contributed by atoms with Gasteiger partial charge in [0.2, 0.25) is 10.0 Å². The van der Waals surface area contributed by atoms with Crippen molar-refractivity contribution >= 4 is 15.7 Å². The summed E-state index contributed by atoms with van der Waals surface area (Å²) in [7, 11) is 0.438. The molecule has 0 aromatic heterocycles. The number of benzene rings is 1. The predicted molar refractivity (Wildman–Crippen MR) is 71.7 cm³/mol. The van der Waals surface area contributed by atoms with E-state index in [-0.39, 0.29) is 5.75 Å². The van der Waals surface area contributed by atoms with Crippen molar-refractivity contribution < 1.29 is 8.42 Å². The Kier molecular flexibility index (Phi) is 4.70. The Balaban J connectivity index is 2.94. The zero-order valence-electron chi connectivity index (χ0n) is 10.7. The molecule has 0 saturated carbocycles. The van der Waals surface area contributed by atoms with Gasteiger partial charge in [-0.1, -0.05) is 12.1 Å². The Morgan fingerprint density at radius 2 is 1.89 bits per heavy atom. The number of nitrogens with one attached hydrogen (secondary N) is 1. The van der Waals surface area contributed by atoms with Gasteiger partial charge < -0.3 is 4.90 Å². The second kappa shape index (κ2) is 5.85. The average molecular weight is 267 g/mol. The molecule has 1 unspecified atom stereocenters. The number of sulfonamides is 1. The van der Waals surface area contributed by atoms with Crippen molar-refractivity contribution in [2.45, 2.75) is 13.0 Å². The molecule has 1 rings (SSSR count). The van der Waals surface area contributed by atoms with E-state index < -0.39 is 16.1 Å². The van der Waals surface area contributed by atoms with Crippen molar-refractivity contribution in [3.8, 4) is 6.07 Å². The van der Waals surface area contributed by atoms with Crippen molar-refractivity contribution in [2.75, 3.05) is 24.7 Å². The fourth-order valence-corrected chi connectivity index (χ4v) is 2.11. The molecule has 0 aliphatic carbocycles. The lowest BCUT2D eigenvalue weighted by molar-refractivity contribution is 0.577. The molecule has 18 heavy (non-hydrogen) atoms. The summed E-state index contributed by atoms with van der Waals surface area (Å²) in [6, 6.07) is 8.31. The summed E-state index contributed by atoms with van der Waals surface area (Å²) in [6.45, 7) is 1.53. The first-order valence-electron chi connectivity index (χ1n) is 5.56. The van der Waals surface area contributed by atoms with Gasteiger partial charge >= 0.3 is 0 Å². The standard InChI is InChI=1S/C12H17N3O2S/c1-4-18(16,17)14-12(9-13)10-5-7-11(8-6-10)15(2)3/h5-8,12,14H,4H2,1-3H3. The molecule has 1 N–H and O–H groups in total. The SMILES string of the molecule is CCS(=O)(=O)NC(C#N)c1ccc(N(C)C)cc1. The molecule has 98 valence electrons. The van der Waals surface area contributed by atoms with E-state index in [1.165, 1.54) is 6.92 Å². The van der Waals surface area contributed by atoms with Crippen LogP contribution in [0.2, 0.25) is 0 Å². The van der Waals surface area contributed by atoms with Gasteiger partial charge in [-0.25, -0.2) is 8.42 Å². The normalized spacial score (nSPS) is 12.8.